The fourth-order valence-corrected chi connectivity index (χ4v) is 2.64. The first-order valence-electron chi connectivity index (χ1n) is 6.75. The highest BCUT2D eigenvalue weighted by Crippen LogP contribution is 2.28. The molecule has 2 rings (SSSR count). The van der Waals surface area contributed by atoms with Gasteiger partial charge in [0.05, 0.1) is 11.6 Å². The van der Waals surface area contributed by atoms with Crippen LogP contribution >= 0.6 is 11.6 Å². The number of aliphatic hydroxyl groups is 1. The van der Waals surface area contributed by atoms with E-state index in [9.17, 15) is 9.90 Å². The molecular formula is C14H20ClN3O2. The van der Waals surface area contributed by atoms with Crippen molar-refractivity contribution in [1.29, 1.82) is 0 Å². The van der Waals surface area contributed by atoms with Gasteiger partial charge in [-0.3, -0.25) is 9.69 Å². The van der Waals surface area contributed by atoms with Gasteiger partial charge in [0.1, 0.15) is 5.82 Å². The molecule has 1 aromatic rings. The molecule has 1 fully saturated rings. The first kappa shape index (κ1) is 15.2. The number of halogens is 1. The molecule has 1 atom stereocenters. The fourth-order valence-electron chi connectivity index (χ4n) is 2.53. The van der Waals surface area contributed by atoms with E-state index in [1.165, 1.54) is 6.20 Å². The van der Waals surface area contributed by atoms with Crippen LogP contribution in [0.5, 0.6) is 0 Å². The Balaban J connectivity index is 1.86. The Morgan fingerprint density at radius 2 is 2.40 bits per heavy atom. The quantitative estimate of drug-likeness (QED) is 0.889. The van der Waals surface area contributed by atoms with E-state index >= 15 is 0 Å². The summed E-state index contributed by atoms with van der Waals surface area (Å²) in [6.07, 6.45) is 3.50. The minimum Gasteiger partial charge on any atom is -0.396 e. The van der Waals surface area contributed by atoms with Crippen molar-refractivity contribution in [2.75, 3.05) is 31.6 Å². The van der Waals surface area contributed by atoms with Gasteiger partial charge in [0.2, 0.25) is 5.91 Å². The lowest BCUT2D eigenvalue weighted by molar-refractivity contribution is -0.118. The van der Waals surface area contributed by atoms with Crippen LogP contribution in [0, 0.1) is 5.41 Å². The maximum atomic E-state index is 12.0. The molecule has 1 amide bonds. The number of hydrogen-bond acceptors (Lipinski definition) is 4. The molecule has 1 unspecified atom stereocenters. The van der Waals surface area contributed by atoms with Crippen molar-refractivity contribution >= 4 is 23.3 Å². The number of hydrogen-bond donors (Lipinski definition) is 2. The van der Waals surface area contributed by atoms with Gasteiger partial charge in [-0.05, 0) is 31.5 Å². The fraction of sp³-hybridized carbons (Fsp3) is 0.571. The predicted octanol–water partition coefficient (Wildman–Crippen LogP) is 1.77. The maximum absolute atomic E-state index is 12.0. The van der Waals surface area contributed by atoms with Crippen molar-refractivity contribution in [1.82, 2.24) is 9.88 Å². The minimum atomic E-state index is -0.100. The van der Waals surface area contributed by atoms with E-state index < -0.39 is 0 Å². The number of pyridine rings is 1. The summed E-state index contributed by atoms with van der Waals surface area (Å²) in [4.78, 5) is 18.1. The topological polar surface area (TPSA) is 65.5 Å². The van der Waals surface area contributed by atoms with E-state index in [4.69, 9.17) is 11.6 Å². The van der Waals surface area contributed by atoms with Crippen LogP contribution in [0.25, 0.3) is 0 Å². The second-order valence-corrected chi connectivity index (χ2v) is 6.13. The van der Waals surface area contributed by atoms with Crippen molar-refractivity contribution in [2.45, 2.75) is 19.8 Å². The Morgan fingerprint density at radius 1 is 1.60 bits per heavy atom. The lowest BCUT2D eigenvalue weighted by Gasteiger charge is -2.38. The molecule has 2 N–H and O–H groups in total. The van der Waals surface area contributed by atoms with E-state index in [2.05, 4.69) is 22.1 Å². The van der Waals surface area contributed by atoms with Gasteiger partial charge in [-0.1, -0.05) is 18.5 Å². The molecule has 0 aliphatic carbocycles. The summed E-state index contributed by atoms with van der Waals surface area (Å²) in [7, 11) is 0. The average molecular weight is 298 g/mol. The van der Waals surface area contributed by atoms with Crippen molar-refractivity contribution in [3.63, 3.8) is 0 Å². The second kappa shape index (κ2) is 6.52. The van der Waals surface area contributed by atoms with Gasteiger partial charge in [0.25, 0.3) is 0 Å². The molecule has 0 radical (unpaired) electrons. The first-order valence-corrected chi connectivity index (χ1v) is 7.13. The zero-order valence-electron chi connectivity index (χ0n) is 11.6. The molecule has 1 saturated heterocycles. The molecule has 2 heterocycles. The Kier molecular flexibility index (Phi) is 4.96. The number of amides is 1. The van der Waals surface area contributed by atoms with Gasteiger partial charge in [-0.25, -0.2) is 4.98 Å². The number of nitrogens with zero attached hydrogens (tertiary/aromatic N) is 2. The molecule has 0 saturated carbocycles. The van der Waals surface area contributed by atoms with Gasteiger partial charge in [0, 0.05) is 24.8 Å². The highest BCUT2D eigenvalue weighted by molar-refractivity contribution is 6.30. The summed E-state index contributed by atoms with van der Waals surface area (Å²) < 4.78 is 0. The SMILES string of the molecule is CC1(CO)CCCN(CC(=O)Nc2ccc(Cl)cn2)C1. The summed E-state index contributed by atoms with van der Waals surface area (Å²) in [5.41, 5.74) is -0.100. The Bertz CT molecular complexity index is 466. The third-order valence-electron chi connectivity index (χ3n) is 3.60. The molecule has 1 aliphatic rings. The first-order chi connectivity index (χ1) is 9.50. The second-order valence-electron chi connectivity index (χ2n) is 5.69. The number of aliphatic hydroxyl groups excluding tert-OH is 1. The van der Waals surface area contributed by atoms with Crippen molar-refractivity contribution in [2.24, 2.45) is 5.41 Å². The molecule has 1 aromatic heterocycles. The summed E-state index contributed by atoms with van der Waals surface area (Å²) in [6.45, 7) is 4.16. The average Bonchev–Trinajstić information content (AvgIpc) is 2.41. The largest absolute Gasteiger partial charge is 0.396 e. The Hall–Kier alpha value is -1.17. The van der Waals surface area contributed by atoms with Gasteiger partial charge < -0.3 is 10.4 Å². The van der Waals surface area contributed by atoms with Crippen LogP contribution in [0.15, 0.2) is 18.3 Å². The molecule has 0 spiro atoms. The molecule has 0 bridgehead atoms. The van der Waals surface area contributed by atoms with Crippen LogP contribution in [0.1, 0.15) is 19.8 Å². The van der Waals surface area contributed by atoms with E-state index in [1.54, 1.807) is 12.1 Å². The molecule has 6 heteroatoms. The van der Waals surface area contributed by atoms with Gasteiger partial charge in [-0.2, -0.15) is 0 Å². The zero-order valence-corrected chi connectivity index (χ0v) is 12.4. The van der Waals surface area contributed by atoms with Crippen LogP contribution in [0.3, 0.4) is 0 Å². The third kappa shape index (κ3) is 4.16. The zero-order chi connectivity index (χ0) is 14.6. The number of nitrogens with one attached hydrogen (secondary N) is 1. The number of carbonyl (C=O) groups excluding carboxylic acids is 1. The lowest BCUT2D eigenvalue weighted by atomic mass is 9.83. The van der Waals surface area contributed by atoms with E-state index in [-0.39, 0.29) is 17.9 Å². The standard InChI is InChI=1S/C14H20ClN3O2/c1-14(10-19)5-2-6-18(9-14)8-13(20)17-12-4-3-11(15)7-16-12/h3-4,7,19H,2,5-6,8-10H2,1H3,(H,16,17,20). The van der Waals surface area contributed by atoms with Crippen LogP contribution < -0.4 is 5.32 Å². The summed E-state index contributed by atoms with van der Waals surface area (Å²) in [5.74, 6) is 0.406. The summed E-state index contributed by atoms with van der Waals surface area (Å²) in [6, 6.07) is 3.36. The Labute approximate surface area is 123 Å². The lowest BCUT2D eigenvalue weighted by Crippen LogP contribution is -2.46. The molecular weight excluding hydrogens is 278 g/mol. The highest BCUT2D eigenvalue weighted by Gasteiger charge is 2.30. The van der Waals surface area contributed by atoms with E-state index in [0.29, 0.717) is 17.4 Å². The summed E-state index contributed by atoms with van der Waals surface area (Å²) >= 11 is 5.74. The Morgan fingerprint density at radius 3 is 3.05 bits per heavy atom. The molecule has 5 nitrogen and oxygen atoms in total. The van der Waals surface area contributed by atoms with Crippen molar-refractivity contribution in [3.05, 3.63) is 23.4 Å². The number of anilines is 1. The normalized spacial score (nSPS) is 23.6. The van der Waals surface area contributed by atoms with E-state index in [0.717, 1.165) is 25.9 Å². The summed E-state index contributed by atoms with van der Waals surface area (Å²) in [5, 5.41) is 12.7. The molecule has 1 aliphatic heterocycles. The number of aromatic nitrogens is 1. The van der Waals surface area contributed by atoms with Crippen LogP contribution in [-0.2, 0) is 4.79 Å². The third-order valence-corrected chi connectivity index (χ3v) is 3.83. The molecule has 0 aromatic carbocycles. The van der Waals surface area contributed by atoms with Crippen LogP contribution in [0.2, 0.25) is 5.02 Å². The van der Waals surface area contributed by atoms with Gasteiger partial charge in [-0.15, -0.1) is 0 Å². The highest BCUT2D eigenvalue weighted by atomic mass is 35.5. The van der Waals surface area contributed by atoms with Gasteiger partial charge in [0.15, 0.2) is 0 Å². The van der Waals surface area contributed by atoms with Crippen molar-refractivity contribution < 1.29 is 9.90 Å². The minimum absolute atomic E-state index is 0.0954. The number of rotatable bonds is 4. The van der Waals surface area contributed by atoms with Crippen molar-refractivity contribution in [3.8, 4) is 0 Å². The molecule has 110 valence electrons. The number of likely N-dealkylation sites (tertiary alicyclic amines) is 1. The van der Waals surface area contributed by atoms with Crippen LogP contribution in [0.4, 0.5) is 5.82 Å². The smallest absolute Gasteiger partial charge is 0.239 e. The van der Waals surface area contributed by atoms with Gasteiger partial charge >= 0.3 is 0 Å². The van der Waals surface area contributed by atoms with E-state index in [1.807, 2.05) is 0 Å². The monoisotopic (exact) mass is 297 g/mol. The van der Waals surface area contributed by atoms with Crippen LogP contribution in [-0.4, -0.2) is 47.1 Å². The molecule has 20 heavy (non-hydrogen) atoms. The number of carbonyl (C=O) groups is 1. The number of piperidine rings is 1. The predicted molar refractivity (Wildman–Crippen MR) is 78.7 cm³/mol. The maximum Gasteiger partial charge on any atom is 0.239 e.